The summed E-state index contributed by atoms with van der Waals surface area (Å²) in [6.45, 7) is 7.98. The largest absolute Gasteiger partial charge is 0.357 e. The molecule has 0 fully saturated rings. The van der Waals surface area contributed by atoms with E-state index in [1.807, 2.05) is 11.3 Å². The van der Waals surface area contributed by atoms with Gasteiger partial charge in [-0.15, -0.1) is 35.3 Å². The number of hydrogen-bond donors (Lipinski definition) is 2. The summed E-state index contributed by atoms with van der Waals surface area (Å²) in [5.74, 6) is 0.923. The van der Waals surface area contributed by atoms with Crippen molar-refractivity contribution in [1.82, 2.24) is 15.5 Å². The van der Waals surface area contributed by atoms with Crippen LogP contribution >= 0.6 is 35.3 Å². The van der Waals surface area contributed by atoms with Gasteiger partial charge in [0.15, 0.2) is 5.96 Å². The Bertz CT molecular complexity index is 671. The number of nitrogens with one attached hydrogen (secondary N) is 2. The van der Waals surface area contributed by atoms with Gasteiger partial charge in [-0.1, -0.05) is 30.3 Å². The molecule has 0 radical (unpaired) electrons. The topological polar surface area (TPSA) is 39.7 Å². The first kappa shape index (κ1) is 21.2. The van der Waals surface area contributed by atoms with E-state index in [9.17, 15) is 0 Å². The number of halogens is 1. The fourth-order valence-electron chi connectivity index (χ4n) is 3.11. The molecule has 0 saturated heterocycles. The fourth-order valence-corrected chi connectivity index (χ4v) is 4.00. The molecule has 3 rings (SSSR count). The van der Waals surface area contributed by atoms with Crippen LogP contribution in [0.2, 0.25) is 0 Å². The van der Waals surface area contributed by atoms with Gasteiger partial charge in [-0.3, -0.25) is 9.89 Å². The van der Waals surface area contributed by atoms with Crippen LogP contribution in [0.15, 0.2) is 46.8 Å². The van der Waals surface area contributed by atoms with Crippen molar-refractivity contribution < 1.29 is 0 Å². The maximum atomic E-state index is 4.74. The summed E-state index contributed by atoms with van der Waals surface area (Å²) in [5, 5.41) is 9.00. The average Bonchev–Trinajstić information content (AvgIpc) is 3.10. The number of aliphatic imine (C=N–C) groups is 1. The molecule has 6 heteroatoms. The maximum absolute atomic E-state index is 4.74. The van der Waals surface area contributed by atoms with E-state index in [0.717, 1.165) is 51.6 Å². The summed E-state index contributed by atoms with van der Waals surface area (Å²) in [7, 11) is 0. The van der Waals surface area contributed by atoms with Gasteiger partial charge in [0.1, 0.15) is 0 Å². The van der Waals surface area contributed by atoms with Crippen LogP contribution in [0.1, 0.15) is 22.9 Å². The zero-order valence-electron chi connectivity index (χ0n) is 15.4. The Hall–Kier alpha value is -1.12. The maximum Gasteiger partial charge on any atom is 0.191 e. The van der Waals surface area contributed by atoms with Crippen LogP contribution in [0.25, 0.3) is 0 Å². The van der Waals surface area contributed by atoms with E-state index in [0.29, 0.717) is 0 Å². The lowest BCUT2D eigenvalue weighted by atomic mass is 10.1. The van der Waals surface area contributed by atoms with E-state index in [-0.39, 0.29) is 24.0 Å². The lowest BCUT2D eigenvalue weighted by molar-refractivity contribution is 0.263. The van der Waals surface area contributed by atoms with E-state index in [4.69, 9.17) is 4.99 Å². The fraction of sp³-hybridized carbons (Fsp3) is 0.450. The minimum atomic E-state index is 0. The summed E-state index contributed by atoms with van der Waals surface area (Å²) in [5.41, 5.74) is 2.86. The van der Waals surface area contributed by atoms with Gasteiger partial charge in [0.25, 0.3) is 0 Å². The minimum Gasteiger partial charge on any atom is -0.357 e. The molecule has 1 aliphatic rings. The van der Waals surface area contributed by atoms with Crippen LogP contribution < -0.4 is 10.6 Å². The molecule has 0 amide bonds. The Morgan fingerprint density at radius 3 is 2.85 bits per heavy atom. The first-order valence-corrected chi connectivity index (χ1v) is 10.1. The first-order chi connectivity index (χ1) is 12.3. The molecule has 2 N–H and O–H groups in total. The van der Waals surface area contributed by atoms with E-state index in [2.05, 4.69) is 64.2 Å². The Morgan fingerprint density at radius 1 is 1.19 bits per heavy atom. The molecular formula is C20H29IN4S. The lowest BCUT2D eigenvalue weighted by Crippen LogP contribution is -2.39. The van der Waals surface area contributed by atoms with Gasteiger partial charge in [-0.25, -0.2) is 0 Å². The van der Waals surface area contributed by atoms with Crippen LogP contribution in [0.3, 0.4) is 0 Å². The standard InChI is InChI=1S/C20H28N4S.HI/c1-2-21-20(22-11-8-17-6-4-3-5-7-17)23-12-14-24-13-9-19-18(16-24)10-15-25-19;/h3-7,10,15H,2,8-9,11-14,16H2,1H3,(H2,21,22,23);1H. The summed E-state index contributed by atoms with van der Waals surface area (Å²) >= 11 is 1.90. The van der Waals surface area contributed by atoms with E-state index in [1.54, 1.807) is 4.88 Å². The zero-order valence-corrected chi connectivity index (χ0v) is 18.6. The van der Waals surface area contributed by atoms with Crippen LogP contribution in [-0.4, -0.2) is 43.6 Å². The molecular weight excluding hydrogens is 455 g/mol. The number of nitrogens with zero attached hydrogens (tertiary/aromatic N) is 2. The Kier molecular flexibility index (Phi) is 9.42. The first-order valence-electron chi connectivity index (χ1n) is 9.19. The number of hydrogen-bond acceptors (Lipinski definition) is 3. The van der Waals surface area contributed by atoms with Crippen LogP contribution in [0.4, 0.5) is 0 Å². The van der Waals surface area contributed by atoms with Crippen LogP contribution in [0.5, 0.6) is 0 Å². The van der Waals surface area contributed by atoms with Crippen LogP contribution in [-0.2, 0) is 19.4 Å². The van der Waals surface area contributed by atoms with Gasteiger partial charge >= 0.3 is 0 Å². The summed E-state index contributed by atoms with van der Waals surface area (Å²) in [6, 6.07) is 12.8. The predicted molar refractivity (Wildman–Crippen MR) is 123 cm³/mol. The van der Waals surface area contributed by atoms with Crippen molar-refractivity contribution in [3.05, 3.63) is 57.8 Å². The molecule has 1 aromatic carbocycles. The third kappa shape index (κ3) is 6.55. The van der Waals surface area contributed by atoms with Gasteiger partial charge in [0, 0.05) is 37.6 Å². The van der Waals surface area contributed by atoms with Crippen molar-refractivity contribution in [2.75, 3.05) is 32.7 Å². The number of fused-ring (bicyclic) bond motifs is 1. The normalized spacial score (nSPS) is 14.4. The highest BCUT2D eigenvalue weighted by atomic mass is 127. The Morgan fingerprint density at radius 2 is 2.04 bits per heavy atom. The van der Waals surface area contributed by atoms with Gasteiger partial charge in [-0.05, 0) is 42.3 Å². The third-order valence-corrected chi connectivity index (χ3v) is 5.49. The predicted octanol–water partition coefficient (Wildman–Crippen LogP) is 3.52. The highest BCUT2D eigenvalue weighted by Crippen LogP contribution is 2.23. The second-order valence-electron chi connectivity index (χ2n) is 6.32. The van der Waals surface area contributed by atoms with Gasteiger partial charge in [-0.2, -0.15) is 0 Å². The molecule has 1 aromatic heterocycles. The highest BCUT2D eigenvalue weighted by molar-refractivity contribution is 14.0. The summed E-state index contributed by atoms with van der Waals surface area (Å²) < 4.78 is 0. The molecule has 4 nitrogen and oxygen atoms in total. The van der Waals surface area contributed by atoms with E-state index < -0.39 is 0 Å². The molecule has 0 aliphatic carbocycles. The monoisotopic (exact) mass is 484 g/mol. The molecule has 142 valence electrons. The summed E-state index contributed by atoms with van der Waals surface area (Å²) in [4.78, 5) is 8.81. The summed E-state index contributed by atoms with van der Waals surface area (Å²) in [6.07, 6.45) is 2.20. The second-order valence-corrected chi connectivity index (χ2v) is 7.32. The molecule has 0 spiro atoms. The Balaban J connectivity index is 0.00000243. The Labute approximate surface area is 178 Å². The number of rotatable bonds is 7. The van der Waals surface area contributed by atoms with Gasteiger partial charge in [0.05, 0.1) is 6.54 Å². The van der Waals surface area contributed by atoms with Crippen molar-refractivity contribution in [3.63, 3.8) is 0 Å². The van der Waals surface area contributed by atoms with Crippen molar-refractivity contribution in [1.29, 1.82) is 0 Å². The second kappa shape index (κ2) is 11.6. The third-order valence-electron chi connectivity index (χ3n) is 4.47. The molecule has 2 aromatic rings. The molecule has 2 heterocycles. The molecule has 0 unspecified atom stereocenters. The van der Waals surface area contributed by atoms with E-state index in [1.165, 1.54) is 17.5 Å². The average molecular weight is 484 g/mol. The van der Waals surface area contributed by atoms with E-state index >= 15 is 0 Å². The van der Waals surface area contributed by atoms with Crippen molar-refractivity contribution in [2.24, 2.45) is 4.99 Å². The highest BCUT2D eigenvalue weighted by Gasteiger charge is 2.16. The van der Waals surface area contributed by atoms with Crippen molar-refractivity contribution in [2.45, 2.75) is 26.3 Å². The van der Waals surface area contributed by atoms with Crippen LogP contribution in [0, 0.1) is 0 Å². The number of guanidine groups is 1. The lowest BCUT2D eigenvalue weighted by Gasteiger charge is -2.26. The van der Waals surface area contributed by atoms with Crippen molar-refractivity contribution >= 4 is 41.3 Å². The molecule has 0 bridgehead atoms. The SMILES string of the molecule is CCNC(=NCCN1CCc2sccc2C1)NCCc1ccccc1.I. The smallest absolute Gasteiger partial charge is 0.191 e. The molecule has 26 heavy (non-hydrogen) atoms. The zero-order chi connectivity index (χ0) is 17.3. The molecule has 0 atom stereocenters. The minimum absolute atomic E-state index is 0. The quantitative estimate of drug-likeness (QED) is 0.359. The molecule has 0 saturated carbocycles. The van der Waals surface area contributed by atoms with Gasteiger partial charge < -0.3 is 10.6 Å². The number of thiophene rings is 1. The molecule has 1 aliphatic heterocycles. The van der Waals surface area contributed by atoms with Crippen molar-refractivity contribution in [3.8, 4) is 0 Å². The van der Waals surface area contributed by atoms with Gasteiger partial charge in [0.2, 0.25) is 0 Å². The number of benzene rings is 1.